The molecule has 5 heterocycles. The molecular formula is C50H13F20NS4. The zero-order chi connectivity index (χ0) is 54.0. The lowest BCUT2D eigenvalue weighted by Crippen LogP contribution is -2.03. The SMILES string of the molecule is Fc1c(F)c(F)c(-c2ccc(-c3c(-c4ccc(-c5c(F)c(F)c(F)c(F)c5F)s4)c(-c4ccc(-c5c(F)c(F)c(F)c(F)c5F)s4)n(-c4ccccc4)c3-c3ccc(-c4c(F)c(F)c(F)c(F)c4F)s3)s2)c(F)c1F. The van der Waals surface area contributed by atoms with E-state index in [2.05, 4.69) is 0 Å². The topological polar surface area (TPSA) is 4.93 Å². The van der Waals surface area contributed by atoms with Gasteiger partial charge in [0.1, 0.15) is 0 Å². The highest BCUT2D eigenvalue weighted by molar-refractivity contribution is 7.21. The van der Waals surface area contributed by atoms with Gasteiger partial charge in [-0.3, -0.25) is 0 Å². The van der Waals surface area contributed by atoms with Crippen LogP contribution in [0.4, 0.5) is 87.8 Å². The molecule has 25 heteroatoms. The summed E-state index contributed by atoms with van der Waals surface area (Å²) in [5.74, 6) is -47.6. The Labute approximate surface area is 420 Å². The van der Waals surface area contributed by atoms with Gasteiger partial charge in [-0.2, -0.15) is 0 Å². The normalized spacial score (nSPS) is 11.7. The van der Waals surface area contributed by atoms with E-state index in [0.29, 0.717) is 22.7 Å². The zero-order valence-corrected chi connectivity index (χ0v) is 38.9. The van der Waals surface area contributed by atoms with Crippen molar-refractivity contribution in [1.29, 1.82) is 0 Å². The van der Waals surface area contributed by atoms with Crippen molar-refractivity contribution in [3.05, 3.63) is 195 Å². The van der Waals surface area contributed by atoms with Crippen LogP contribution in [0.25, 0.3) is 89.5 Å². The molecule has 10 rings (SSSR count). The number of thiophene rings is 4. The van der Waals surface area contributed by atoms with Crippen molar-refractivity contribution in [3.63, 3.8) is 0 Å². The lowest BCUT2D eigenvalue weighted by molar-refractivity contribution is 0.381. The molecule has 0 radical (unpaired) electrons. The molecule has 382 valence electrons. The minimum absolute atomic E-state index is 0.000421. The fourth-order valence-corrected chi connectivity index (χ4v) is 12.4. The van der Waals surface area contributed by atoms with E-state index < -0.39 is 158 Å². The van der Waals surface area contributed by atoms with E-state index in [9.17, 15) is 52.7 Å². The van der Waals surface area contributed by atoms with Gasteiger partial charge in [-0.15, -0.1) is 45.3 Å². The minimum atomic E-state index is -2.54. The van der Waals surface area contributed by atoms with Gasteiger partial charge in [-0.05, 0) is 60.7 Å². The summed E-state index contributed by atoms with van der Waals surface area (Å²) in [6.07, 6.45) is 0. The van der Waals surface area contributed by atoms with Gasteiger partial charge in [0.25, 0.3) is 0 Å². The number of rotatable bonds is 9. The molecule has 10 aromatic rings. The molecule has 0 saturated carbocycles. The van der Waals surface area contributed by atoms with Crippen molar-refractivity contribution < 1.29 is 87.8 Å². The van der Waals surface area contributed by atoms with Crippen molar-refractivity contribution in [2.24, 2.45) is 0 Å². The van der Waals surface area contributed by atoms with E-state index >= 15 is 35.1 Å². The first-order chi connectivity index (χ1) is 35.6. The van der Waals surface area contributed by atoms with Crippen LogP contribution in [0.15, 0.2) is 78.9 Å². The molecule has 0 amide bonds. The lowest BCUT2D eigenvalue weighted by Gasteiger charge is -2.14. The van der Waals surface area contributed by atoms with Gasteiger partial charge in [-0.1, -0.05) is 18.2 Å². The molecule has 1 nitrogen and oxygen atoms in total. The second-order valence-electron chi connectivity index (χ2n) is 15.6. The quantitative estimate of drug-likeness (QED) is 0.0771. The third-order valence-electron chi connectivity index (χ3n) is 11.4. The summed E-state index contributed by atoms with van der Waals surface area (Å²) in [6, 6.07) is 14.7. The second kappa shape index (κ2) is 18.9. The fourth-order valence-electron chi connectivity index (χ4n) is 8.05. The van der Waals surface area contributed by atoms with Gasteiger partial charge in [0, 0.05) is 46.1 Å². The van der Waals surface area contributed by atoms with Crippen molar-refractivity contribution in [2.75, 3.05) is 0 Å². The molecule has 75 heavy (non-hydrogen) atoms. The smallest absolute Gasteiger partial charge is 0.200 e. The van der Waals surface area contributed by atoms with E-state index in [1.54, 1.807) is 0 Å². The summed E-state index contributed by atoms with van der Waals surface area (Å²) in [5.41, 5.74) is -7.10. The summed E-state index contributed by atoms with van der Waals surface area (Å²) in [4.78, 5) is -3.82. The van der Waals surface area contributed by atoms with E-state index in [4.69, 9.17) is 0 Å². The van der Waals surface area contributed by atoms with Gasteiger partial charge >= 0.3 is 0 Å². The van der Waals surface area contributed by atoms with Crippen molar-refractivity contribution in [3.8, 4) is 89.5 Å². The Bertz CT molecular complexity index is 3680. The maximum atomic E-state index is 15.5. The molecule has 0 N–H and O–H groups in total. The number of benzene rings is 5. The maximum Gasteiger partial charge on any atom is 0.200 e. The fraction of sp³-hybridized carbons (Fsp3) is 0. The molecule has 0 aliphatic heterocycles. The summed E-state index contributed by atoms with van der Waals surface area (Å²) in [5, 5.41) is 0. The Kier molecular flexibility index (Phi) is 12.9. The summed E-state index contributed by atoms with van der Waals surface area (Å²) >= 11 is 1.19. The third kappa shape index (κ3) is 7.86. The Hall–Kier alpha value is -7.22. The Morgan fingerprint density at radius 1 is 0.200 bits per heavy atom. The number of hydrogen-bond acceptors (Lipinski definition) is 4. The number of para-hydroxylation sites is 1. The zero-order valence-electron chi connectivity index (χ0n) is 35.6. The van der Waals surface area contributed by atoms with Crippen LogP contribution in [0.2, 0.25) is 0 Å². The summed E-state index contributed by atoms with van der Waals surface area (Å²) in [6.45, 7) is 0. The predicted molar refractivity (Wildman–Crippen MR) is 240 cm³/mol. The van der Waals surface area contributed by atoms with Crippen LogP contribution >= 0.6 is 45.3 Å². The minimum Gasteiger partial charge on any atom is -0.306 e. The number of hydrogen-bond donors (Lipinski definition) is 0. The molecule has 0 unspecified atom stereocenters. The highest BCUT2D eigenvalue weighted by Gasteiger charge is 2.36. The van der Waals surface area contributed by atoms with Gasteiger partial charge in [0.2, 0.25) is 23.3 Å². The van der Waals surface area contributed by atoms with Gasteiger partial charge in [0.15, 0.2) is 93.1 Å². The molecule has 0 spiro atoms. The largest absolute Gasteiger partial charge is 0.306 e. The van der Waals surface area contributed by atoms with Crippen LogP contribution in [0.3, 0.4) is 0 Å². The van der Waals surface area contributed by atoms with Gasteiger partial charge in [-0.25, -0.2) is 87.8 Å². The van der Waals surface area contributed by atoms with Crippen LogP contribution in [-0.4, -0.2) is 4.57 Å². The first-order valence-electron chi connectivity index (χ1n) is 20.4. The van der Waals surface area contributed by atoms with Crippen LogP contribution in [0, 0.1) is 116 Å². The first-order valence-corrected chi connectivity index (χ1v) is 23.7. The molecule has 5 aromatic carbocycles. The van der Waals surface area contributed by atoms with Gasteiger partial charge < -0.3 is 4.57 Å². The van der Waals surface area contributed by atoms with Crippen LogP contribution in [0.1, 0.15) is 0 Å². The van der Waals surface area contributed by atoms with E-state index in [-0.39, 0.29) is 70.4 Å². The predicted octanol–water partition coefficient (Wildman–Crippen LogP) is 18.8. The molecule has 0 saturated heterocycles. The lowest BCUT2D eigenvalue weighted by atomic mass is 10.0. The molecule has 0 aliphatic rings. The van der Waals surface area contributed by atoms with Crippen LogP contribution in [-0.2, 0) is 0 Å². The maximum absolute atomic E-state index is 15.5. The highest BCUT2D eigenvalue weighted by atomic mass is 32.1. The van der Waals surface area contributed by atoms with E-state index in [1.807, 2.05) is 0 Å². The molecule has 0 bridgehead atoms. The first kappa shape index (κ1) is 51.3. The standard InChI is InChI=1S/C50H13F20NS4/c51-29-25(30(52)38(60)45(67)37(29)59)17-8-6-15(72-17)23-24(16-7-9-18(73-16)26-31(53)39(61)46(68)40(62)32(26)54)50(22-13-11-20(75-22)28-35(57)43(65)48(70)44(66)36(28)58)71(14-4-2-1-3-5-14)49(23)21-12-10-19(74-21)27-33(55)41(63)47(69)42(64)34(27)56/h1-13H. The Morgan fingerprint density at radius 3 is 0.627 bits per heavy atom. The van der Waals surface area contributed by atoms with Crippen molar-refractivity contribution in [2.45, 2.75) is 0 Å². The third-order valence-corrected chi connectivity index (χ3v) is 15.9. The monoisotopic (exact) mass is 1130 g/mol. The van der Waals surface area contributed by atoms with E-state index in [1.165, 1.54) is 34.9 Å². The second-order valence-corrected chi connectivity index (χ2v) is 19.9. The van der Waals surface area contributed by atoms with E-state index in [0.717, 1.165) is 48.5 Å². The number of aromatic nitrogens is 1. The van der Waals surface area contributed by atoms with Crippen LogP contribution < -0.4 is 0 Å². The Balaban J connectivity index is 1.37. The average Bonchev–Trinajstić information content (AvgIpc) is 4.30. The highest BCUT2D eigenvalue weighted by Crippen LogP contribution is 2.57. The molecule has 5 aromatic heterocycles. The molecule has 0 aliphatic carbocycles. The summed E-state index contributed by atoms with van der Waals surface area (Å²) < 4.78 is 300. The Morgan fingerprint density at radius 2 is 0.387 bits per heavy atom. The molecule has 0 atom stereocenters. The van der Waals surface area contributed by atoms with Gasteiger partial charge in [0.05, 0.1) is 43.4 Å². The average molecular weight is 1140 g/mol. The number of nitrogens with zero attached hydrogens (tertiary/aromatic N) is 1. The summed E-state index contributed by atoms with van der Waals surface area (Å²) in [7, 11) is 0. The van der Waals surface area contributed by atoms with Crippen molar-refractivity contribution >= 4 is 45.3 Å². The van der Waals surface area contributed by atoms with Crippen LogP contribution in [0.5, 0.6) is 0 Å². The van der Waals surface area contributed by atoms with Crippen molar-refractivity contribution in [1.82, 2.24) is 4.57 Å². The molecule has 0 fully saturated rings. The number of halogens is 20. The molecular weight excluding hydrogens is 1120 g/mol.